The Labute approximate surface area is 122 Å². The molecule has 0 heterocycles. The van der Waals surface area contributed by atoms with Crippen LogP contribution in [0.4, 0.5) is 0 Å². The molecule has 4 heteroatoms. The van der Waals surface area contributed by atoms with Crippen LogP contribution in [0, 0.1) is 0 Å². The quantitative estimate of drug-likeness (QED) is 0.674. The molecule has 1 rings (SSSR count). The topological polar surface area (TPSA) is 41.1 Å². The van der Waals surface area contributed by atoms with Crippen LogP contribution in [0.25, 0.3) is 0 Å². The van der Waals surface area contributed by atoms with Crippen molar-refractivity contribution in [3.63, 3.8) is 0 Å². The first kappa shape index (κ1) is 16.8. The van der Waals surface area contributed by atoms with Crippen LogP contribution >= 0.6 is 11.8 Å². The molecule has 0 atom stereocenters. The summed E-state index contributed by atoms with van der Waals surface area (Å²) in [6.45, 7) is 6.04. The SMILES string of the molecule is CSC1(CNC(=O)CCCNC(C)C)CCCCC1. The summed E-state index contributed by atoms with van der Waals surface area (Å²) in [7, 11) is 0. The number of rotatable bonds is 8. The lowest BCUT2D eigenvalue weighted by Gasteiger charge is -2.35. The van der Waals surface area contributed by atoms with Crippen molar-refractivity contribution in [1.82, 2.24) is 10.6 Å². The molecule has 0 bridgehead atoms. The summed E-state index contributed by atoms with van der Waals surface area (Å²) in [6.07, 6.45) is 10.2. The fourth-order valence-corrected chi connectivity index (χ4v) is 3.55. The van der Waals surface area contributed by atoms with Gasteiger partial charge >= 0.3 is 0 Å². The van der Waals surface area contributed by atoms with E-state index in [4.69, 9.17) is 0 Å². The van der Waals surface area contributed by atoms with Crippen LogP contribution in [0.3, 0.4) is 0 Å². The van der Waals surface area contributed by atoms with E-state index in [9.17, 15) is 4.79 Å². The minimum atomic E-state index is 0.213. The first-order valence-electron chi connectivity index (χ1n) is 7.63. The first-order valence-corrected chi connectivity index (χ1v) is 8.86. The highest BCUT2D eigenvalue weighted by molar-refractivity contribution is 8.00. The van der Waals surface area contributed by atoms with Crippen LogP contribution < -0.4 is 10.6 Å². The van der Waals surface area contributed by atoms with Crippen LogP contribution in [0.5, 0.6) is 0 Å². The molecule has 0 unspecified atom stereocenters. The van der Waals surface area contributed by atoms with Gasteiger partial charge in [-0.05, 0) is 32.1 Å². The highest BCUT2D eigenvalue weighted by Crippen LogP contribution is 2.37. The van der Waals surface area contributed by atoms with Crippen LogP contribution in [0.1, 0.15) is 58.8 Å². The number of thioether (sulfide) groups is 1. The molecule has 0 saturated heterocycles. The molecule has 3 nitrogen and oxygen atoms in total. The zero-order valence-electron chi connectivity index (χ0n) is 12.8. The van der Waals surface area contributed by atoms with Crippen molar-refractivity contribution in [3.05, 3.63) is 0 Å². The maximum atomic E-state index is 11.8. The summed E-state index contributed by atoms with van der Waals surface area (Å²) in [5.74, 6) is 0.213. The Kier molecular flexibility index (Phi) is 7.84. The molecule has 0 aromatic carbocycles. The van der Waals surface area contributed by atoms with E-state index in [1.807, 2.05) is 11.8 Å². The summed E-state index contributed by atoms with van der Waals surface area (Å²) in [6, 6.07) is 0.505. The molecule has 1 aliphatic carbocycles. The average Bonchev–Trinajstić information content (AvgIpc) is 2.42. The lowest BCUT2D eigenvalue weighted by Crippen LogP contribution is -2.41. The standard InChI is InChI=1S/C15H30N2OS/c1-13(2)16-11-7-8-14(18)17-12-15(19-3)9-5-4-6-10-15/h13,16H,4-12H2,1-3H3,(H,17,18). The number of hydrogen-bond donors (Lipinski definition) is 2. The zero-order chi connectivity index (χ0) is 14.1. The van der Waals surface area contributed by atoms with Gasteiger partial charge in [0.25, 0.3) is 0 Å². The van der Waals surface area contributed by atoms with E-state index in [0.717, 1.165) is 19.5 Å². The second kappa shape index (κ2) is 8.85. The van der Waals surface area contributed by atoms with Crippen molar-refractivity contribution in [2.75, 3.05) is 19.3 Å². The highest BCUT2D eigenvalue weighted by Gasteiger charge is 2.31. The molecule has 1 aliphatic rings. The van der Waals surface area contributed by atoms with Gasteiger partial charge in [0.05, 0.1) is 0 Å². The van der Waals surface area contributed by atoms with E-state index < -0.39 is 0 Å². The lowest BCUT2D eigenvalue weighted by atomic mass is 9.88. The zero-order valence-corrected chi connectivity index (χ0v) is 13.6. The Morgan fingerprint density at radius 2 is 1.95 bits per heavy atom. The van der Waals surface area contributed by atoms with Crippen molar-refractivity contribution in [1.29, 1.82) is 0 Å². The number of nitrogens with one attached hydrogen (secondary N) is 2. The van der Waals surface area contributed by atoms with E-state index in [2.05, 4.69) is 30.7 Å². The lowest BCUT2D eigenvalue weighted by molar-refractivity contribution is -0.121. The largest absolute Gasteiger partial charge is 0.355 e. The van der Waals surface area contributed by atoms with Gasteiger partial charge in [-0.1, -0.05) is 33.1 Å². The van der Waals surface area contributed by atoms with Gasteiger partial charge in [-0.25, -0.2) is 0 Å². The van der Waals surface area contributed by atoms with Crippen molar-refractivity contribution in [2.45, 2.75) is 69.6 Å². The molecule has 2 N–H and O–H groups in total. The molecule has 0 aromatic heterocycles. The van der Waals surface area contributed by atoms with E-state index in [1.54, 1.807) is 0 Å². The third kappa shape index (κ3) is 6.66. The second-order valence-corrected chi connectivity index (χ2v) is 7.21. The number of hydrogen-bond acceptors (Lipinski definition) is 3. The van der Waals surface area contributed by atoms with Crippen molar-refractivity contribution in [3.8, 4) is 0 Å². The Morgan fingerprint density at radius 1 is 1.26 bits per heavy atom. The fourth-order valence-electron chi connectivity index (χ4n) is 2.64. The van der Waals surface area contributed by atoms with E-state index >= 15 is 0 Å². The minimum Gasteiger partial charge on any atom is -0.355 e. The summed E-state index contributed by atoms with van der Waals surface area (Å²) >= 11 is 1.94. The second-order valence-electron chi connectivity index (χ2n) is 5.94. The van der Waals surface area contributed by atoms with Crippen LogP contribution in [-0.2, 0) is 4.79 Å². The predicted octanol–water partition coefficient (Wildman–Crippen LogP) is 2.95. The van der Waals surface area contributed by atoms with Gasteiger partial charge in [-0.2, -0.15) is 11.8 Å². The van der Waals surface area contributed by atoms with Crippen LogP contribution in [-0.4, -0.2) is 36.0 Å². The van der Waals surface area contributed by atoms with Gasteiger partial charge in [0.2, 0.25) is 5.91 Å². The summed E-state index contributed by atoms with van der Waals surface area (Å²) < 4.78 is 0.310. The maximum absolute atomic E-state index is 11.8. The monoisotopic (exact) mass is 286 g/mol. The molecule has 0 aromatic rings. The molecule has 112 valence electrons. The average molecular weight is 286 g/mol. The van der Waals surface area contributed by atoms with Gasteiger partial charge in [0.1, 0.15) is 0 Å². The smallest absolute Gasteiger partial charge is 0.220 e. The van der Waals surface area contributed by atoms with E-state index in [0.29, 0.717) is 17.2 Å². The Bertz CT molecular complexity index is 263. The maximum Gasteiger partial charge on any atom is 0.220 e. The van der Waals surface area contributed by atoms with Gasteiger partial charge in [0, 0.05) is 23.8 Å². The van der Waals surface area contributed by atoms with Gasteiger partial charge in [0.15, 0.2) is 0 Å². The number of amides is 1. The fraction of sp³-hybridized carbons (Fsp3) is 0.933. The van der Waals surface area contributed by atoms with Crippen molar-refractivity contribution < 1.29 is 4.79 Å². The normalized spacial score (nSPS) is 18.5. The van der Waals surface area contributed by atoms with Gasteiger partial charge in [-0.3, -0.25) is 4.79 Å². The molecule has 1 saturated carbocycles. The van der Waals surface area contributed by atoms with Gasteiger partial charge < -0.3 is 10.6 Å². The van der Waals surface area contributed by atoms with Crippen molar-refractivity contribution in [2.24, 2.45) is 0 Å². The van der Waals surface area contributed by atoms with E-state index in [1.165, 1.54) is 32.1 Å². The molecule has 1 amide bonds. The molecule has 0 aliphatic heterocycles. The third-order valence-corrected chi connectivity index (χ3v) is 5.36. The van der Waals surface area contributed by atoms with Crippen LogP contribution in [0.2, 0.25) is 0 Å². The van der Waals surface area contributed by atoms with Crippen LogP contribution in [0.15, 0.2) is 0 Å². The molecule has 1 fully saturated rings. The molecular formula is C15H30N2OS. The first-order chi connectivity index (χ1) is 9.08. The summed E-state index contributed by atoms with van der Waals surface area (Å²) in [4.78, 5) is 11.8. The molecular weight excluding hydrogens is 256 g/mol. The van der Waals surface area contributed by atoms with E-state index in [-0.39, 0.29) is 5.91 Å². The highest BCUT2D eigenvalue weighted by atomic mass is 32.2. The summed E-state index contributed by atoms with van der Waals surface area (Å²) in [5, 5.41) is 6.49. The number of carbonyl (C=O) groups is 1. The molecule has 0 radical (unpaired) electrons. The third-order valence-electron chi connectivity index (χ3n) is 3.94. The number of carbonyl (C=O) groups excluding carboxylic acids is 1. The molecule has 0 spiro atoms. The Hall–Kier alpha value is -0.220. The Morgan fingerprint density at radius 3 is 2.53 bits per heavy atom. The van der Waals surface area contributed by atoms with Gasteiger partial charge in [-0.15, -0.1) is 0 Å². The molecule has 19 heavy (non-hydrogen) atoms. The van der Waals surface area contributed by atoms with Crippen molar-refractivity contribution >= 4 is 17.7 Å². The predicted molar refractivity (Wildman–Crippen MR) is 84.7 cm³/mol. The Balaban J connectivity index is 2.17. The summed E-state index contributed by atoms with van der Waals surface area (Å²) in [5.41, 5.74) is 0. The minimum absolute atomic E-state index is 0.213.